The molecular weight excluding hydrogens is 268 g/mol. The fourth-order valence-corrected chi connectivity index (χ4v) is 2.51. The molecule has 0 unspecified atom stereocenters. The van der Waals surface area contributed by atoms with E-state index in [9.17, 15) is 9.90 Å². The molecule has 2 heterocycles. The first-order chi connectivity index (χ1) is 10.1. The van der Waals surface area contributed by atoms with Crippen molar-refractivity contribution in [1.82, 2.24) is 19.3 Å². The van der Waals surface area contributed by atoms with Gasteiger partial charge in [-0.25, -0.2) is 9.78 Å². The Morgan fingerprint density at radius 1 is 1.29 bits per heavy atom. The van der Waals surface area contributed by atoms with Gasteiger partial charge in [0.2, 0.25) is 0 Å². The smallest absolute Gasteiger partial charge is 0.337 e. The van der Waals surface area contributed by atoms with Crippen LogP contribution in [0, 0.1) is 13.8 Å². The topological polar surface area (TPSA) is 72.9 Å². The molecule has 2 aromatic heterocycles. The number of hydrogen-bond acceptors (Lipinski definition) is 3. The standard InChI is InChI=1S/C15H16N4O2/c1-10-8-16-18(9-10)6-7-19-11(2)17-14-12(15(20)21)4-3-5-13(14)19/h3-5,8-9H,6-7H2,1-2H3,(H,20,21). The first kappa shape index (κ1) is 13.4. The number of hydrogen-bond donors (Lipinski definition) is 1. The Bertz CT molecular complexity index is 816. The van der Waals surface area contributed by atoms with E-state index in [2.05, 4.69) is 10.1 Å². The van der Waals surface area contributed by atoms with Crippen molar-refractivity contribution in [2.24, 2.45) is 0 Å². The van der Waals surface area contributed by atoms with Gasteiger partial charge in [0.15, 0.2) is 0 Å². The molecule has 0 saturated heterocycles. The molecule has 3 aromatic rings. The number of aryl methyl sites for hydroxylation is 4. The van der Waals surface area contributed by atoms with Crippen molar-refractivity contribution in [1.29, 1.82) is 0 Å². The van der Waals surface area contributed by atoms with Crippen LogP contribution in [-0.2, 0) is 13.1 Å². The molecule has 1 aromatic carbocycles. The Balaban J connectivity index is 1.97. The summed E-state index contributed by atoms with van der Waals surface area (Å²) in [4.78, 5) is 15.7. The van der Waals surface area contributed by atoms with Gasteiger partial charge >= 0.3 is 5.97 Å². The number of benzene rings is 1. The number of carbonyl (C=O) groups is 1. The summed E-state index contributed by atoms with van der Waals surface area (Å²) in [5, 5.41) is 13.5. The van der Waals surface area contributed by atoms with Crippen LogP contribution in [0.15, 0.2) is 30.6 Å². The van der Waals surface area contributed by atoms with Gasteiger partial charge in [-0.05, 0) is 31.5 Å². The lowest BCUT2D eigenvalue weighted by molar-refractivity contribution is 0.0699. The number of aromatic carboxylic acids is 1. The largest absolute Gasteiger partial charge is 0.478 e. The lowest BCUT2D eigenvalue weighted by Gasteiger charge is -2.07. The number of rotatable bonds is 4. The molecule has 21 heavy (non-hydrogen) atoms. The molecule has 0 spiro atoms. The molecule has 0 saturated carbocycles. The fraction of sp³-hybridized carbons (Fsp3) is 0.267. The van der Waals surface area contributed by atoms with Crippen molar-refractivity contribution < 1.29 is 9.90 Å². The minimum Gasteiger partial charge on any atom is -0.478 e. The Labute approximate surface area is 121 Å². The van der Waals surface area contributed by atoms with Gasteiger partial charge in [-0.1, -0.05) is 6.07 Å². The predicted molar refractivity (Wildman–Crippen MR) is 78.4 cm³/mol. The second-order valence-corrected chi connectivity index (χ2v) is 5.07. The van der Waals surface area contributed by atoms with E-state index >= 15 is 0 Å². The quantitative estimate of drug-likeness (QED) is 0.797. The maximum Gasteiger partial charge on any atom is 0.337 e. The van der Waals surface area contributed by atoms with Crippen molar-refractivity contribution in [3.8, 4) is 0 Å². The van der Waals surface area contributed by atoms with Gasteiger partial charge in [0.25, 0.3) is 0 Å². The molecule has 0 amide bonds. The highest BCUT2D eigenvalue weighted by molar-refractivity contribution is 6.01. The molecule has 0 radical (unpaired) electrons. The molecule has 6 heteroatoms. The van der Waals surface area contributed by atoms with Crippen molar-refractivity contribution in [3.63, 3.8) is 0 Å². The molecule has 0 aliphatic rings. The summed E-state index contributed by atoms with van der Waals surface area (Å²) in [7, 11) is 0. The van der Waals surface area contributed by atoms with Crippen LogP contribution < -0.4 is 0 Å². The first-order valence-electron chi connectivity index (χ1n) is 6.74. The van der Waals surface area contributed by atoms with E-state index in [0.717, 1.165) is 23.4 Å². The second kappa shape index (κ2) is 5.05. The maximum atomic E-state index is 11.3. The number of para-hydroxylation sites is 1. The monoisotopic (exact) mass is 284 g/mol. The van der Waals surface area contributed by atoms with Crippen LogP contribution in [0.5, 0.6) is 0 Å². The van der Waals surface area contributed by atoms with Gasteiger partial charge in [0.1, 0.15) is 11.3 Å². The zero-order valence-electron chi connectivity index (χ0n) is 11.9. The fourth-order valence-electron chi connectivity index (χ4n) is 2.51. The normalized spacial score (nSPS) is 11.1. The third kappa shape index (κ3) is 2.40. The molecule has 0 atom stereocenters. The summed E-state index contributed by atoms with van der Waals surface area (Å²) in [5.74, 6) is -0.143. The van der Waals surface area contributed by atoms with Crippen LogP contribution in [0.1, 0.15) is 21.7 Å². The summed E-state index contributed by atoms with van der Waals surface area (Å²) >= 11 is 0. The first-order valence-corrected chi connectivity index (χ1v) is 6.74. The average Bonchev–Trinajstić information content (AvgIpc) is 2.98. The Morgan fingerprint density at radius 3 is 2.76 bits per heavy atom. The third-order valence-electron chi connectivity index (χ3n) is 3.52. The number of aromatic nitrogens is 4. The van der Waals surface area contributed by atoms with Gasteiger partial charge in [0, 0.05) is 12.7 Å². The predicted octanol–water partition coefficient (Wildman–Crippen LogP) is 2.25. The SMILES string of the molecule is Cc1cnn(CCn2c(C)nc3c(C(=O)O)cccc32)c1. The number of carboxylic acid groups (broad SMARTS) is 1. The van der Waals surface area contributed by atoms with E-state index in [1.165, 1.54) is 0 Å². The molecule has 3 rings (SSSR count). The van der Waals surface area contributed by atoms with Crippen LogP contribution >= 0.6 is 0 Å². The molecule has 0 fully saturated rings. The minimum atomic E-state index is -0.951. The molecular formula is C15H16N4O2. The number of fused-ring (bicyclic) bond motifs is 1. The van der Waals surface area contributed by atoms with Gasteiger partial charge in [-0.3, -0.25) is 4.68 Å². The van der Waals surface area contributed by atoms with E-state index in [-0.39, 0.29) is 5.56 Å². The van der Waals surface area contributed by atoms with Gasteiger partial charge in [-0.2, -0.15) is 5.10 Å². The molecule has 0 aliphatic carbocycles. The number of imidazole rings is 1. The molecule has 0 bridgehead atoms. The number of carboxylic acids is 1. The van der Waals surface area contributed by atoms with E-state index in [1.807, 2.05) is 41.6 Å². The molecule has 1 N–H and O–H groups in total. The summed E-state index contributed by atoms with van der Waals surface area (Å²) < 4.78 is 3.90. The zero-order valence-corrected chi connectivity index (χ0v) is 11.9. The molecule has 6 nitrogen and oxygen atoms in total. The van der Waals surface area contributed by atoms with Crippen molar-refractivity contribution in [2.75, 3.05) is 0 Å². The van der Waals surface area contributed by atoms with E-state index in [0.29, 0.717) is 12.1 Å². The van der Waals surface area contributed by atoms with Crippen LogP contribution in [0.25, 0.3) is 11.0 Å². The Kier molecular flexibility index (Phi) is 3.21. The van der Waals surface area contributed by atoms with Crippen LogP contribution in [0.2, 0.25) is 0 Å². The maximum absolute atomic E-state index is 11.3. The van der Waals surface area contributed by atoms with Crippen molar-refractivity contribution in [2.45, 2.75) is 26.9 Å². The summed E-state index contributed by atoms with van der Waals surface area (Å²) in [6.07, 6.45) is 3.80. The Hall–Kier alpha value is -2.63. The van der Waals surface area contributed by atoms with Gasteiger partial charge in [0.05, 0.1) is 23.8 Å². The summed E-state index contributed by atoms with van der Waals surface area (Å²) in [6, 6.07) is 5.23. The molecule has 0 aliphatic heterocycles. The van der Waals surface area contributed by atoms with Gasteiger partial charge < -0.3 is 9.67 Å². The van der Waals surface area contributed by atoms with Crippen LogP contribution in [-0.4, -0.2) is 30.4 Å². The highest BCUT2D eigenvalue weighted by Crippen LogP contribution is 2.20. The highest BCUT2D eigenvalue weighted by Gasteiger charge is 2.14. The van der Waals surface area contributed by atoms with Crippen molar-refractivity contribution in [3.05, 3.63) is 47.5 Å². The number of nitrogens with zero attached hydrogens (tertiary/aromatic N) is 4. The summed E-state index contributed by atoms with van der Waals surface area (Å²) in [6.45, 7) is 5.31. The molecule has 108 valence electrons. The minimum absolute atomic E-state index is 0.240. The van der Waals surface area contributed by atoms with Crippen LogP contribution in [0.3, 0.4) is 0 Å². The average molecular weight is 284 g/mol. The summed E-state index contributed by atoms with van der Waals surface area (Å²) in [5.41, 5.74) is 2.75. The van der Waals surface area contributed by atoms with E-state index < -0.39 is 5.97 Å². The van der Waals surface area contributed by atoms with Gasteiger partial charge in [-0.15, -0.1) is 0 Å². The zero-order chi connectivity index (χ0) is 15.0. The van der Waals surface area contributed by atoms with Crippen molar-refractivity contribution >= 4 is 17.0 Å². The second-order valence-electron chi connectivity index (χ2n) is 5.07. The van der Waals surface area contributed by atoms with E-state index in [1.54, 1.807) is 12.1 Å². The highest BCUT2D eigenvalue weighted by atomic mass is 16.4. The lowest BCUT2D eigenvalue weighted by atomic mass is 10.2. The Morgan fingerprint density at radius 2 is 2.10 bits per heavy atom. The third-order valence-corrected chi connectivity index (χ3v) is 3.52. The van der Waals surface area contributed by atoms with E-state index in [4.69, 9.17) is 0 Å². The van der Waals surface area contributed by atoms with Crippen LogP contribution in [0.4, 0.5) is 0 Å². The lowest BCUT2D eigenvalue weighted by Crippen LogP contribution is -2.09.